The lowest BCUT2D eigenvalue weighted by molar-refractivity contribution is 0.0123. The minimum atomic E-state index is 0.539. The highest BCUT2D eigenvalue weighted by Crippen LogP contribution is 2.47. The molecule has 26 heavy (non-hydrogen) atoms. The fourth-order valence-corrected chi connectivity index (χ4v) is 6.21. The molecule has 0 aromatic heterocycles. The number of unbranched alkanes of at least 4 members (excludes halogenated alkanes) is 1. The summed E-state index contributed by atoms with van der Waals surface area (Å²) < 4.78 is 5.65. The standard InChI is InChI=1S/C25H38O/c1-3-4-5-18-6-7-20-15-21(9-8-19(20)14-18)22-10-11-24-17-25(26-2)13-12-23(24)16-22/h8-9,15,18,22-25H,3-7,10-14,16-17H2,1-2H3. The first-order valence-electron chi connectivity index (χ1n) is 11.4. The largest absolute Gasteiger partial charge is 0.381 e. The van der Waals surface area contributed by atoms with E-state index in [1.165, 1.54) is 77.0 Å². The van der Waals surface area contributed by atoms with Gasteiger partial charge in [0.25, 0.3) is 0 Å². The summed E-state index contributed by atoms with van der Waals surface area (Å²) in [6.45, 7) is 2.32. The Kier molecular flexibility index (Phi) is 6.03. The zero-order valence-corrected chi connectivity index (χ0v) is 17.0. The van der Waals surface area contributed by atoms with E-state index < -0.39 is 0 Å². The first-order chi connectivity index (χ1) is 12.8. The molecule has 0 spiro atoms. The van der Waals surface area contributed by atoms with E-state index in [0.717, 1.165) is 23.7 Å². The molecule has 0 bridgehead atoms. The number of ether oxygens (including phenoxy) is 1. The summed E-state index contributed by atoms with van der Waals surface area (Å²) in [7, 11) is 1.90. The fraction of sp³-hybridized carbons (Fsp3) is 0.760. The van der Waals surface area contributed by atoms with Gasteiger partial charge < -0.3 is 4.74 Å². The highest BCUT2D eigenvalue weighted by Gasteiger charge is 2.36. The molecule has 3 aliphatic rings. The fourth-order valence-electron chi connectivity index (χ4n) is 6.21. The van der Waals surface area contributed by atoms with E-state index in [4.69, 9.17) is 4.74 Å². The van der Waals surface area contributed by atoms with Crippen molar-refractivity contribution < 1.29 is 4.74 Å². The van der Waals surface area contributed by atoms with Gasteiger partial charge in [-0.05, 0) is 98.1 Å². The van der Waals surface area contributed by atoms with Gasteiger partial charge in [0.05, 0.1) is 6.10 Å². The Morgan fingerprint density at radius 3 is 2.65 bits per heavy atom. The predicted octanol–water partition coefficient (Wildman–Crippen LogP) is 6.68. The molecule has 2 fully saturated rings. The number of fused-ring (bicyclic) bond motifs is 2. The van der Waals surface area contributed by atoms with Crippen molar-refractivity contribution in [2.75, 3.05) is 7.11 Å². The second-order valence-corrected chi connectivity index (χ2v) is 9.48. The van der Waals surface area contributed by atoms with Crippen LogP contribution >= 0.6 is 0 Å². The Hall–Kier alpha value is -0.820. The van der Waals surface area contributed by atoms with Crippen molar-refractivity contribution in [3.05, 3.63) is 34.9 Å². The van der Waals surface area contributed by atoms with E-state index in [2.05, 4.69) is 25.1 Å². The predicted molar refractivity (Wildman–Crippen MR) is 110 cm³/mol. The Bertz CT molecular complexity index is 592. The van der Waals surface area contributed by atoms with Crippen molar-refractivity contribution in [3.63, 3.8) is 0 Å². The van der Waals surface area contributed by atoms with E-state index in [9.17, 15) is 0 Å². The van der Waals surface area contributed by atoms with Crippen LogP contribution in [0.25, 0.3) is 0 Å². The van der Waals surface area contributed by atoms with Gasteiger partial charge in [-0.15, -0.1) is 0 Å². The quantitative estimate of drug-likeness (QED) is 0.573. The molecule has 3 aliphatic carbocycles. The van der Waals surface area contributed by atoms with Crippen molar-refractivity contribution in [1.82, 2.24) is 0 Å². The lowest BCUT2D eigenvalue weighted by Gasteiger charge is -2.42. The van der Waals surface area contributed by atoms with Crippen molar-refractivity contribution in [1.29, 1.82) is 0 Å². The van der Waals surface area contributed by atoms with Gasteiger partial charge in [0.15, 0.2) is 0 Å². The molecule has 0 saturated heterocycles. The molecule has 1 nitrogen and oxygen atoms in total. The van der Waals surface area contributed by atoms with Gasteiger partial charge in [0.2, 0.25) is 0 Å². The van der Waals surface area contributed by atoms with Crippen LogP contribution < -0.4 is 0 Å². The van der Waals surface area contributed by atoms with Gasteiger partial charge in [0.1, 0.15) is 0 Å². The summed E-state index contributed by atoms with van der Waals surface area (Å²) in [5, 5.41) is 0. The average molecular weight is 355 g/mol. The molecule has 1 heteroatoms. The maximum absolute atomic E-state index is 5.65. The molecule has 1 aromatic rings. The SMILES string of the molecule is CCCCC1CCc2cc(C3CCC4CC(OC)CCC4C3)ccc2C1. The number of methoxy groups -OCH3 is 1. The van der Waals surface area contributed by atoms with Crippen LogP contribution in [0.2, 0.25) is 0 Å². The summed E-state index contributed by atoms with van der Waals surface area (Å²) in [6.07, 6.45) is 17.1. The molecule has 4 rings (SSSR count). The molecule has 1 aromatic carbocycles. The molecule has 0 aliphatic heterocycles. The van der Waals surface area contributed by atoms with Crippen molar-refractivity contribution >= 4 is 0 Å². The van der Waals surface area contributed by atoms with Crippen LogP contribution in [-0.4, -0.2) is 13.2 Å². The first kappa shape index (κ1) is 18.5. The van der Waals surface area contributed by atoms with Crippen LogP contribution in [0.5, 0.6) is 0 Å². The summed E-state index contributed by atoms with van der Waals surface area (Å²) >= 11 is 0. The summed E-state index contributed by atoms with van der Waals surface area (Å²) in [5.74, 6) is 3.65. The van der Waals surface area contributed by atoms with E-state index in [1.54, 1.807) is 16.7 Å². The van der Waals surface area contributed by atoms with Crippen molar-refractivity contribution in [2.45, 2.75) is 96.0 Å². The van der Waals surface area contributed by atoms with Crippen molar-refractivity contribution in [3.8, 4) is 0 Å². The van der Waals surface area contributed by atoms with Gasteiger partial charge in [0, 0.05) is 7.11 Å². The average Bonchev–Trinajstić information content (AvgIpc) is 2.70. The zero-order valence-electron chi connectivity index (χ0n) is 17.0. The summed E-state index contributed by atoms with van der Waals surface area (Å²) in [4.78, 5) is 0. The topological polar surface area (TPSA) is 9.23 Å². The highest BCUT2D eigenvalue weighted by molar-refractivity contribution is 5.36. The van der Waals surface area contributed by atoms with E-state index in [-0.39, 0.29) is 0 Å². The lowest BCUT2D eigenvalue weighted by Crippen LogP contribution is -2.33. The molecule has 0 N–H and O–H groups in total. The minimum absolute atomic E-state index is 0.539. The molecule has 0 heterocycles. The first-order valence-corrected chi connectivity index (χ1v) is 11.4. The van der Waals surface area contributed by atoms with Crippen LogP contribution in [0.15, 0.2) is 18.2 Å². The number of rotatable bonds is 5. The van der Waals surface area contributed by atoms with Gasteiger partial charge >= 0.3 is 0 Å². The third kappa shape index (κ3) is 4.03. The smallest absolute Gasteiger partial charge is 0.0574 e. The van der Waals surface area contributed by atoms with E-state index in [0.29, 0.717) is 6.10 Å². The Labute approximate surface area is 160 Å². The maximum Gasteiger partial charge on any atom is 0.0574 e. The molecule has 144 valence electrons. The van der Waals surface area contributed by atoms with Crippen molar-refractivity contribution in [2.24, 2.45) is 17.8 Å². The second-order valence-electron chi connectivity index (χ2n) is 9.48. The lowest BCUT2D eigenvalue weighted by atomic mass is 9.65. The number of hydrogen-bond acceptors (Lipinski definition) is 1. The van der Waals surface area contributed by atoms with Crippen LogP contribution in [0, 0.1) is 17.8 Å². The third-order valence-corrected chi connectivity index (χ3v) is 7.90. The Morgan fingerprint density at radius 1 is 0.962 bits per heavy atom. The minimum Gasteiger partial charge on any atom is -0.381 e. The molecular formula is C25H38O. The van der Waals surface area contributed by atoms with Gasteiger partial charge in [-0.3, -0.25) is 0 Å². The number of aryl methyl sites for hydroxylation is 1. The molecule has 0 amide bonds. The Balaban J connectivity index is 1.39. The van der Waals surface area contributed by atoms with Crippen LogP contribution in [0.3, 0.4) is 0 Å². The molecule has 2 saturated carbocycles. The third-order valence-electron chi connectivity index (χ3n) is 7.90. The summed E-state index contributed by atoms with van der Waals surface area (Å²) in [5.41, 5.74) is 5.00. The van der Waals surface area contributed by atoms with E-state index >= 15 is 0 Å². The monoisotopic (exact) mass is 354 g/mol. The molecular weight excluding hydrogens is 316 g/mol. The van der Waals surface area contributed by atoms with Crippen LogP contribution in [0.4, 0.5) is 0 Å². The highest BCUT2D eigenvalue weighted by atomic mass is 16.5. The van der Waals surface area contributed by atoms with Gasteiger partial charge in [-0.1, -0.05) is 44.4 Å². The molecule has 0 radical (unpaired) electrons. The number of hydrogen-bond donors (Lipinski definition) is 0. The zero-order chi connectivity index (χ0) is 17.9. The molecule has 5 unspecified atom stereocenters. The van der Waals surface area contributed by atoms with Crippen LogP contribution in [0.1, 0.15) is 93.7 Å². The second kappa shape index (κ2) is 8.46. The Morgan fingerprint density at radius 2 is 1.81 bits per heavy atom. The normalized spacial score (nSPS) is 34.2. The van der Waals surface area contributed by atoms with Gasteiger partial charge in [-0.2, -0.15) is 0 Å². The van der Waals surface area contributed by atoms with Gasteiger partial charge in [-0.25, -0.2) is 0 Å². The van der Waals surface area contributed by atoms with E-state index in [1.807, 2.05) is 7.11 Å². The maximum atomic E-state index is 5.65. The number of benzene rings is 1. The van der Waals surface area contributed by atoms with Crippen LogP contribution in [-0.2, 0) is 17.6 Å². The summed E-state index contributed by atoms with van der Waals surface area (Å²) in [6, 6.07) is 7.60. The molecule has 5 atom stereocenters.